The van der Waals surface area contributed by atoms with Gasteiger partial charge in [0.1, 0.15) is 0 Å². The number of rotatable bonds is 3. The predicted molar refractivity (Wildman–Crippen MR) is 118 cm³/mol. The molecule has 1 saturated carbocycles. The van der Waals surface area contributed by atoms with E-state index in [-0.39, 0.29) is 18.0 Å². The summed E-state index contributed by atoms with van der Waals surface area (Å²) in [6.07, 6.45) is 6.96. The van der Waals surface area contributed by atoms with Gasteiger partial charge in [-0.25, -0.2) is 4.79 Å². The molecule has 0 radical (unpaired) electrons. The number of carbonyl (C=O) groups excluding carboxylic acids is 2. The van der Waals surface area contributed by atoms with Crippen LogP contribution in [0.4, 0.5) is 16.2 Å². The van der Waals surface area contributed by atoms with Gasteiger partial charge < -0.3 is 15.5 Å². The first kappa shape index (κ1) is 19.8. The average Bonchev–Trinajstić information content (AvgIpc) is 3.04. The predicted octanol–water partition coefficient (Wildman–Crippen LogP) is 5.66. The molecule has 2 aliphatic rings. The summed E-state index contributed by atoms with van der Waals surface area (Å²) in [7, 11) is 0. The van der Waals surface area contributed by atoms with E-state index in [2.05, 4.69) is 10.6 Å². The molecular formula is C23H27N3O2S. The molecule has 2 aromatic rings. The van der Waals surface area contributed by atoms with Gasteiger partial charge in [0.25, 0.3) is 5.91 Å². The fourth-order valence-corrected chi connectivity index (χ4v) is 5.15. The number of nitrogens with one attached hydrogen (secondary N) is 2. The molecule has 0 saturated heterocycles. The van der Waals surface area contributed by atoms with Crippen LogP contribution in [0.25, 0.3) is 0 Å². The zero-order chi connectivity index (χ0) is 20.2. The molecule has 152 valence electrons. The zero-order valence-corrected chi connectivity index (χ0v) is 17.6. The number of hydrogen-bond acceptors (Lipinski definition) is 3. The summed E-state index contributed by atoms with van der Waals surface area (Å²) in [6.45, 7) is 2.54. The number of hydrogen-bond donors (Lipinski definition) is 2. The number of fused-ring (bicyclic) bond motifs is 2. The molecular weight excluding hydrogens is 382 g/mol. The van der Waals surface area contributed by atoms with Crippen LogP contribution < -0.4 is 15.5 Å². The molecule has 3 amide bonds. The van der Waals surface area contributed by atoms with Crippen molar-refractivity contribution in [1.29, 1.82) is 0 Å². The van der Waals surface area contributed by atoms with Gasteiger partial charge in [0, 0.05) is 28.1 Å². The van der Waals surface area contributed by atoms with Gasteiger partial charge in [-0.2, -0.15) is 0 Å². The molecule has 0 unspecified atom stereocenters. The lowest BCUT2D eigenvalue weighted by atomic mass is 10.1. The van der Waals surface area contributed by atoms with Crippen LogP contribution in [-0.4, -0.2) is 24.5 Å². The SMILES string of the molecule is CCN1C(=O)c2ccccc2Sc2ccc(NC(=O)NC3CCCCCC3)cc21. The van der Waals surface area contributed by atoms with E-state index in [1.54, 1.807) is 16.7 Å². The topological polar surface area (TPSA) is 61.4 Å². The van der Waals surface area contributed by atoms with Crippen LogP contribution in [0.5, 0.6) is 0 Å². The molecule has 0 bridgehead atoms. The minimum atomic E-state index is -0.171. The van der Waals surface area contributed by atoms with Crippen LogP contribution in [0.3, 0.4) is 0 Å². The van der Waals surface area contributed by atoms with Crippen molar-refractivity contribution < 1.29 is 9.59 Å². The van der Waals surface area contributed by atoms with E-state index in [0.29, 0.717) is 12.2 Å². The molecule has 29 heavy (non-hydrogen) atoms. The lowest BCUT2D eigenvalue weighted by molar-refractivity contribution is 0.0985. The van der Waals surface area contributed by atoms with Crippen LogP contribution in [0.2, 0.25) is 0 Å². The molecule has 0 aromatic heterocycles. The Morgan fingerprint density at radius 2 is 1.83 bits per heavy atom. The molecule has 1 aliphatic carbocycles. The summed E-state index contributed by atoms with van der Waals surface area (Å²) in [4.78, 5) is 29.3. The molecule has 0 atom stereocenters. The van der Waals surface area contributed by atoms with Gasteiger partial charge in [0.2, 0.25) is 0 Å². The molecule has 1 heterocycles. The fourth-order valence-electron chi connectivity index (χ4n) is 4.09. The highest BCUT2D eigenvalue weighted by molar-refractivity contribution is 7.99. The Kier molecular flexibility index (Phi) is 6.09. The van der Waals surface area contributed by atoms with E-state index < -0.39 is 0 Å². The summed E-state index contributed by atoms with van der Waals surface area (Å²) >= 11 is 1.59. The van der Waals surface area contributed by atoms with Crippen molar-refractivity contribution in [2.45, 2.75) is 61.3 Å². The molecule has 5 nitrogen and oxygen atoms in total. The number of amides is 3. The Hall–Kier alpha value is -2.47. The summed E-state index contributed by atoms with van der Waals surface area (Å²) in [6, 6.07) is 13.6. The fraction of sp³-hybridized carbons (Fsp3) is 0.391. The molecule has 1 fully saturated rings. The second-order valence-corrected chi connectivity index (χ2v) is 8.70. The third-order valence-corrected chi connectivity index (χ3v) is 6.74. The maximum atomic E-state index is 13.1. The zero-order valence-electron chi connectivity index (χ0n) is 16.7. The highest BCUT2D eigenvalue weighted by atomic mass is 32.2. The molecule has 0 spiro atoms. The Bertz CT molecular complexity index is 907. The highest BCUT2D eigenvalue weighted by Gasteiger charge is 2.26. The first-order valence-corrected chi connectivity index (χ1v) is 11.3. The second-order valence-electron chi connectivity index (χ2n) is 7.62. The van der Waals surface area contributed by atoms with Gasteiger partial charge in [0.05, 0.1) is 11.3 Å². The quantitative estimate of drug-likeness (QED) is 0.643. The largest absolute Gasteiger partial charge is 0.335 e. The van der Waals surface area contributed by atoms with Gasteiger partial charge in [-0.05, 0) is 50.1 Å². The van der Waals surface area contributed by atoms with Gasteiger partial charge in [-0.1, -0.05) is 49.6 Å². The van der Waals surface area contributed by atoms with Crippen molar-refractivity contribution in [2.75, 3.05) is 16.8 Å². The Balaban J connectivity index is 1.54. The van der Waals surface area contributed by atoms with Crippen molar-refractivity contribution >= 4 is 35.1 Å². The maximum absolute atomic E-state index is 13.1. The van der Waals surface area contributed by atoms with Gasteiger partial charge in [-0.15, -0.1) is 0 Å². The standard InChI is InChI=1S/C23H27N3O2S/c1-2-26-19-15-17(25-23(28)24-16-9-5-3-4-6-10-16)13-14-21(19)29-20-12-8-7-11-18(20)22(26)27/h7-8,11-16H,2-6,9-10H2,1H3,(H2,24,25,28). The van der Waals surface area contributed by atoms with E-state index in [4.69, 9.17) is 0 Å². The summed E-state index contributed by atoms with van der Waals surface area (Å²) in [5.41, 5.74) is 2.26. The van der Waals surface area contributed by atoms with Crippen LogP contribution in [0, 0.1) is 0 Å². The Labute approximate surface area is 176 Å². The van der Waals surface area contributed by atoms with E-state index in [0.717, 1.165) is 33.9 Å². The molecule has 4 rings (SSSR count). The number of nitrogens with zero attached hydrogens (tertiary/aromatic N) is 1. The summed E-state index contributed by atoms with van der Waals surface area (Å²) in [5, 5.41) is 6.08. The highest BCUT2D eigenvalue weighted by Crippen LogP contribution is 2.42. The number of benzene rings is 2. The normalized spacial score (nSPS) is 17.0. The maximum Gasteiger partial charge on any atom is 0.319 e. The first-order valence-electron chi connectivity index (χ1n) is 10.5. The van der Waals surface area contributed by atoms with Crippen molar-refractivity contribution in [1.82, 2.24) is 5.32 Å². The van der Waals surface area contributed by atoms with Crippen molar-refractivity contribution in [3.63, 3.8) is 0 Å². The molecule has 2 aromatic carbocycles. The van der Waals surface area contributed by atoms with Crippen LogP contribution in [-0.2, 0) is 0 Å². The molecule has 2 N–H and O–H groups in total. The number of carbonyl (C=O) groups is 2. The molecule has 6 heteroatoms. The lowest BCUT2D eigenvalue weighted by Crippen LogP contribution is -2.37. The minimum absolute atomic E-state index is 0.00518. The second kappa shape index (κ2) is 8.91. The Morgan fingerprint density at radius 1 is 1.07 bits per heavy atom. The van der Waals surface area contributed by atoms with E-state index in [1.807, 2.05) is 49.4 Å². The molecule has 1 aliphatic heterocycles. The van der Waals surface area contributed by atoms with Crippen molar-refractivity contribution in [2.24, 2.45) is 0 Å². The Morgan fingerprint density at radius 3 is 2.59 bits per heavy atom. The van der Waals surface area contributed by atoms with Crippen molar-refractivity contribution in [3.8, 4) is 0 Å². The van der Waals surface area contributed by atoms with Crippen molar-refractivity contribution in [3.05, 3.63) is 48.0 Å². The van der Waals surface area contributed by atoms with Gasteiger partial charge >= 0.3 is 6.03 Å². The lowest BCUT2D eigenvalue weighted by Gasteiger charge is -2.22. The van der Waals surface area contributed by atoms with Crippen LogP contribution >= 0.6 is 11.8 Å². The number of anilines is 2. The number of urea groups is 1. The van der Waals surface area contributed by atoms with E-state index in [1.165, 1.54) is 25.7 Å². The third kappa shape index (κ3) is 4.42. The first-order chi connectivity index (χ1) is 14.2. The van der Waals surface area contributed by atoms with Gasteiger partial charge in [0.15, 0.2) is 0 Å². The average molecular weight is 410 g/mol. The van der Waals surface area contributed by atoms with Gasteiger partial charge in [-0.3, -0.25) is 4.79 Å². The van der Waals surface area contributed by atoms with Crippen LogP contribution in [0.15, 0.2) is 52.3 Å². The summed E-state index contributed by atoms with van der Waals surface area (Å²) < 4.78 is 0. The summed E-state index contributed by atoms with van der Waals surface area (Å²) in [5.74, 6) is -0.00518. The van der Waals surface area contributed by atoms with Crippen LogP contribution in [0.1, 0.15) is 55.8 Å². The monoisotopic (exact) mass is 409 g/mol. The minimum Gasteiger partial charge on any atom is -0.335 e. The van der Waals surface area contributed by atoms with E-state index >= 15 is 0 Å². The smallest absolute Gasteiger partial charge is 0.319 e. The van der Waals surface area contributed by atoms with E-state index in [9.17, 15) is 9.59 Å². The third-order valence-electron chi connectivity index (χ3n) is 5.60.